The summed E-state index contributed by atoms with van der Waals surface area (Å²) in [6.07, 6.45) is 1.40. The molecule has 6 nitrogen and oxygen atoms in total. The largest absolute Gasteiger partial charge is 0.332 e. The van der Waals surface area contributed by atoms with E-state index in [0.29, 0.717) is 16.2 Å². The topological polar surface area (TPSA) is 58.4 Å². The lowest BCUT2D eigenvalue weighted by atomic mass is 9.88. The van der Waals surface area contributed by atoms with Gasteiger partial charge in [0, 0.05) is 31.4 Å². The fraction of sp³-hybridized carbons (Fsp3) is 0.208. The molecule has 0 unspecified atom stereocenters. The van der Waals surface area contributed by atoms with Crippen molar-refractivity contribution in [2.45, 2.75) is 18.9 Å². The fourth-order valence-corrected chi connectivity index (χ4v) is 3.86. The first-order chi connectivity index (χ1) is 15.2. The Labute approximate surface area is 184 Å². The second kappa shape index (κ2) is 7.93. The number of urea groups is 1. The van der Waals surface area contributed by atoms with Gasteiger partial charge in [0.05, 0.1) is 17.7 Å². The zero-order valence-corrected chi connectivity index (χ0v) is 17.8. The number of imide groups is 1. The number of anilines is 1. The summed E-state index contributed by atoms with van der Waals surface area (Å²) in [7, 11) is 3.19. The molecule has 1 aliphatic rings. The highest BCUT2D eigenvalue weighted by Gasteiger charge is 2.48. The van der Waals surface area contributed by atoms with Gasteiger partial charge in [-0.05, 0) is 37.3 Å². The number of hydrogen-bond acceptors (Lipinski definition) is 3. The van der Waals surface area contributed by atoms with Crippen molar-refractivity contribution in [1.29, 1.82) is 0 Å². The van der Waals surface area contributed by atoms with Gasteiger partial charge in [-0.25, -0.2) is 18.5 Å². The molecule has 8 heteroatoms. The Kier molecular flexibility index (Phi) is 5.26. The van der Waals surface area contributed by atoms with Crippen LogP contribution in [0, 0.1) is 23.5 Å². The summed E-state index contributed by atoms with van der Waals surface area (Å²) in [4.78, 5) is 27.9. The van der Waals surface area contributed by atoms with Crippen LogP contribution in [0.5, 0.6) is 0 Å². The predicted molar refractivity (Wildman–Crippen MR) is 115 cm³/mol. The highest BCUT2D eigenvalue weighted by atomic mass is 19.1. The standard InChI is InChI=1S/C24H20F2N4O2/c1-24(20-11-12-27-29(20)3)15-21(31)30(23(32)28(24)2)22-18(25)13-17(14-19(22)26)10-9-16-7-5-4-6-8-16/h4-8,11-14H,15H2,1-3H3/t24-/m0/s1. The molecule has 1 fully saturated rings. The van der Waals surface area contributed by atoms with Gasteiger partial charge in [0.1, 0.15) is 5.69 Å². The first-order valence-electron chi connectivity index (χ1n) is 9.87. The van der Waals surface area contributed by atoms with Crippen molar-refractivity contribution in [3.05, 3.63) is 83.2 Å². The highest BCUT2D eigenvalue weighted by molar-refractivity contribution is 6.16. The molecule has 162 valence electrons. The van der Waals surface area contributed by atoms with Crippen LogP contribution in [0.25, 0.3) is 0 Å². The van der Waals surface area contributed by atoms with Crippen LogP contribution in [0.1, 0.15) is 30.2 Å². The molecule has 1 aromatic heterocycles. The maximum absolute atomic E-state index is 14.9. The van der Waals surface area contributed by atoms with Crippen molar-refractivity contribution in [2.24, 2.45) is 7.05 Å². The van der Waals surface area contributed by atoms with E-state index in [1.165, 1.54) is 11.9 Å². The Morgan fingerprint density at radius 2 is 1.59 bits per heavy atom. The van der Waals surface area contributed by atoms with Gasteiger partial charge in [-0.2, -0.15) is 5.10 Å². The van der Waals surface area contributed by atoms with E-state index in [9.17, 15) is 18.4 Å². The summed E-state index contributed by atoms with van der Waals surface area (Å²) in [5.41, 5.74) is -0.297. The smallest absolute Gasteiger partial charge is 0.315 e. The van der Waals surface area contributed by atoms with Crippen LogP contribution in [0.4, 0.5) is 19.3 Å². The van der Waals surface area contributed by atoms with E-state index in [-0.39, 0.29) is 12.0 Å². The Hall–Kier alpha value is -3.99. The summed E-state index contributed by atoms with van der Waals surface area (Å²) >= 11 is 0. The van der Waals surface area contributed by atoms with E-state index >= 15 is 0 Å². The van der Waals surface area contributed by atoms with E-state index in [1.54, 1.807) is 55.2 Å². The number of benzene rings is 2. The number of halogens is 2. The average Bonchev–Trinajstić information content (AvgIpc) is 3.20. The van der Waals surface area contributed by atoms with Gasteiger partial charge < -0.3 is 4.90 Å². The van der Waals surface area contributed by atoms with Crippen LogP contribution in [0.2, 0.25) is 0 Å². The van der Waals surface area contributed by atoms with Crippen molar-refractivity contribution >= 4 is 17.6 Å². The fourth-order valence-electron chi connectivity index (χ4n) is 3.86. The molecule has 0 bridgehead atoms. The molecule has 1 atom stereocenters. The van der Waals surface area contributed by atoms with Gasteiger partial charge >= 0.3 is 6.03 Å². The lowest BCUT2D eigenvalue weighted by Gasteiger charge is -2.45. The average molecular weight is 434 g/mol. The maximum atomic E-state index is 14.9. The summed E-state index contributed by atoms with van der Waals surface area (Å²) in [5, 5.41) is 4.10. The second-order valence-electron chi connectivity index (χ2n) is 7.77. The summed E-state index contributed by atoms with van der Waals surface area (Å²) in [6.45, 7) is 1.71. The third kappa shape index (κ3) is 3.52. The Morgan fingerprint density at radius 3 is 2.19 bits per heavy atom. The van der Waals surface area contributed by atoms with Crippen LogP contribution in [0.15, 0.2) is 54.7 Å². The molecular weight excluding hydrogens is 414 g/mol. The van der Waals surface area contributed by atoms with Gasteiger partial charge in [0.25, 0.3) is 0 Å². The molecule has 3 aromatic rings. The monoisotopic (exact) mass is 434 g/mol. The molecule has 0 N–H and O–H groups in total. The van der Waals surface area contributed by atoms with E-state index in [2.05, 4.69) is 16.9 Å². The highest BCUT2D eigenvalue weighted by Crippen LogP contribution is 2.38. The Morgan fingerprint density at radius 1 is 0.969 bits per heavy atom. The lowest BCUT2D eigenvalue weighted by Crippen LogP contribution is -2.60. The van der Waals surface area contributed by atoms with Crippen LogP contribution in [-0.2, 0) is 17.4 Å². The molecule has 0 spiro atoms. The number of hydrogen-bond donors (Lipinski definition) is 0. The third-order valence-corrected chi connectivity index (χ3v) is 5.70. The van der Waals surface area contributed by atoms with Crippen molar-refractivity contribution in [1.82, 2.24) is 14.7 Å². The summed E-state index contributed by atoms with van der Waals surface area (Å²) in [6, 6.07) is 11.9. The normalized spacial score (nSPS) is 18.5. The van der Waals surface area contributed by atoms with Crippen LogP contribution in [0.3, 0.4) is 0 Å². The van der Waals surface area contributed by atoms with E-state index in [0.717, 1.165) is 12.1 Å². The van der Waals surface area contributed by atoms with Crippen LogP contribution < -0.4 is 4.90 Å². The van der Waals surface area contributed by atoms with Gasteiger partial charge in [-0.3, -0.25) is 9.48 Å². The van der Waals surface area contributed by atoms with Gasteiger partial charge in [-0.15, -0.1) is 0 Å². The number of amides is 3. The SMILES string of the molecule is CN1C(=O)N(c2c(F)cc(C#Cc3ccccc3)cc2F)C(=O)C[C@@]1(C)c1ccnn1C. The van der Waals surface area contributed by atoms with Crippen molar-refractivity contribution in [2.75, 3.05) is 11.9 Å². The van der Waals surface area contributed by atoms with E-state index in [4.69, 9.17) is 0 Å². The molecule has 1 saturated heterocycles. The van der Waals surface area contributed by atoms with Crippen LogP contribution in [-0.4, -0.2) is 33.7 Å². The van der Waals surface area contributed by atoms with Crippen LogP contribution >= 0.6 is 0 Å². The van der Waals surface area contributed by atoms with Gasteiger partial charge in [0.2, 0.25) is 5.91 Å². The predicted octanol–water partition coefficient (Wildman–Crippen LogP) is 3.80. The molecule has 0 saturated carbocycles. The first-order valence-corrected chi connectivity index (χ1v) is 9.87. The minimum absolute atomic E-state index is 0.0950. The molecule has 3 amide bonds. The number of carbonyl (C=O) groups excluding carboxylic acids is 2. The minimum atomic E-state index is -1.04. The van der Waals surface area contributed by atoms with Gasteiger partial charge in [-0.1, -0.05) is 30.0 Å². The molecule has 2 heterocycles. The van der Waals surface area contributed by atoms with E-state index in [1.807, 2.05) is 6.07 Å². The first kappa shape index (κ1) is 21.2. The Bertz CT molecular complexity index is 1250. The van der Waals surface area contributed by atoms with Crippen molar-refractivity contribution < 1.29 is 18.4 Å². The molecular formula is C24H20F2N4O2. The van der Waals surface area contributed by atoms with E-state index < -0.39 is 34.8 Å². The zero-order chi connectivity index (χ0) is 23.0. The summed E-state index contributed by atoms with van der Waals surface area (Å²) < 4.78 is 31.4. The third-order valence-electron chi connectivity index (χ3n) is 5.70. The summed E-state index contributed by atoms with van der Waals surface area (Å²) in [5.74, 6) is 2.74. The maximum Gasteiger partial charge on any atom is 0.332 e. The number of nitrogens with zero attached hydrogens (tertiary/aromatic N) is 4. The Balaban J connectivity index is 1.69. The lowest BCUT2D eigenvalue weighted by molar-refractivity contribution is -0.122. The van der Waals surface area contributed by atoms with Crippen molar-refractivity contribution in [3.8, 4) is 11.8 Å². The minimum Gasteiger partial charge on any atom is -0.315 e. The number of rotatable bonds is 2. The molecule has 1 aliphatic heterocycles. The number of aryl methyl sites for hydroxylation is 1. The second-order valence-corrected chi connectivity index (χ2v) is 7.77. The quantitative estimate of drug-likeness (QED) is 0.577. The molecule has 2 aromatic carbocycles. The molecule has 0 radical (unpaired) electrons. The molecule has 4 rings (SSSR count). The number of aromatic nitrogens is 2. The van der Waals surface area contributed by atoms with Crippen molar-refractivity contribution in [3.63, 3.8) is 0 Å². The number of carbonyl (C=O) groups is 2. The zero-order valence-electron chi connectivity index (χ0n) is 17.8. The van der Waals surface area contributed by atoms with Gasteiger partial charge in [0.15, 0.2) is 11.6 Å². The molecule has 0 aliphatic carbocycles. The molecule has 32 heavy (non-hydrogen) atoms.